The summed E-state index contributed by atoms with van der Waals surface area (Å²) in [6, 6.07) is 7.66. The van der Waals surface area contributed by atoms with Crippen molar-refractivity contribution >= 4 is 36.4 Å². The maximum absolute atomic E-state index is 11.7. The van der Waals surface area contributed by atoms with E-state index in [9.17, 15) is 4.79 Å². The summed E-state index contributed by atoms with van der Waals surface area (Å²) < 4.78 is 5.00. The fourth-order valence-corrected chi connectivity index (χ4v) is 1.84. The number of aryl methyl sites for hydroxylation is 1. The van der Waals surface area contributed by atoms with Crippen LogP contribution in [0.3, 0.4) is 0 Å². The first-order chi connectivity index (χ1) is 9.63. The molecule has 0 fully saturated rings. The number of nitrogens with one attached hydrogen (secondary N) is 1. The number of rotatable bonds is 9. The predicted molar refractivity (Wildman–Crippen MR) is 96.1 cm³/mol. The van der Waals surface area contributed by atoms with Gasteiger partial charge in [0.05, 0.1) is 6.61 Å². The van der Waals surface area contributed by atoms with Crippen molar-refractivity contribution in [2.24, 2.45) is 0 Å². The van der Waals surface area contributed by atoms with Crippen LogP contribution in [0.5, 0.6) is 0 Å². The average Bonchev–Trinajstić information content (AvgIpc) is 2.44. The summed E-state index contributed by atoms with van der Waals surface area (Å²) in [6.07, 6.45) is 1.15. The number of carbonyl (C=O) groups excluding carboxylic acids is 1. The quantitative estimate of drug-likeness (QED) is 0.665. The zero-order valence-corrected chi connectivity index (χ0v) is 14.8. The van der Waals surface area contributed by atoms with Crippen molar-refractivity contribution in [3.05, 3.63) is 29.8 Å². The molecule has 1 aromatic carbocycles. The number of halogens is 2. The van der Waals surface area contributed by atoms with Gasteiger partial charge in [0.15, 0.2) is 0 Å². The van der Waals surface area contributed by atoms with E-state index in [0.29, 0.717) is 26.0 Å². The van der Waals surface area contributed by atoms with Gasteiger partial charge in [-0.3, -0.25) is 4.79 Å². The Morgan fingerprint density at radius 3 is 2.59 bits per heavy atom. The Bertz CT molecular complexity index is 420. The van der Waals surface area contributed by atoms with Crippen LogP contribution in [0, 0.1) is 0 Å². The summed E-state index contributed by atoms with van der Waals surface area (Å²) in [5, 5.41) is 2.92. The molecule has 0 saturated carbocycles. The predicted octanol–water partition coefficient (Wildman–Crippen LogP) is 1.74. The van der Waals surface area contributed by atoms with E-state index in [1.807, 2.05) is 31.3 Å². The Hall–Kier alpha value is -1.01. The van der Waals surface area contributed by atoms with Crippen LogP contribution in [0.4, 0.5) is 5.69 Å². The molecule has 0 atom stereocenters. The standard InChI is InChI=1S/C15H25N3O2.2ClH/c1-18(11-12-20-2)10-9-17-15(19)8-7-13-5-3-4-6-14(13)16;;/h3-6H,7-12,16H2,1-2H3,(H,17,19);2*1H. The van der Waals surface area contributed by atoms with Crippen LogP contribution in [0.25, 0.3) is 0 Å². The zero-order chi connectivity index (χ0) is 14.8. The summed E-state index contributed by atoms with van der Waals surface area (Å²) in [7, 11) is 3.70. The van der Waals surface area contributed by atoms with E-state index < -0.39 is 0 Å². The van der Waals surface area contributed by atoms with E-state index in [2.05, 4.69) is 10.2 Å². The Labute approximate surface area is 145 Å². The molecule has 0 aliphatic carbocycles. The van der Waals surface area contributed by atoms with Gasteiger partial charge < -0.3 is 20.7 Å². The number of nitrogen functional groups attached to an aromatic ring is 1. The molecule has 0 radical (unpaired) electrons. The minimum absolute atomic E-state index is 0. The first-order valence-electron chi connectivity index (χ1n) is 6.91. The van der Waals surface area contributed by atoms with Crippen molar-refractivity contribution in [2.45, 2.75) is 12.8 Å². The van der Waals surface area contributed by atoms with E-state index in [1.165, 1.54) is 0 Å². The number of hydrogen-bond donors (Lipinski definition) is 2. The molecular weight excluding hydrogens is 325 g/mol. The number of ether oxygens (including phenoxy) is 1. The minimum Gasteiger partial charge on any atom is -0.399 e. The van der Waals surface area contributed by atoms with Crippen LogP contribution >= 0.6 is 24.8 Å². The molecule has 0 unspecified atom stereocenters. The molecule has 0 aromatic heterocycles. The van der Waals surface area contributed by atoms with E-state index in [-0.39, 0.29) is 30.7 Å². The second-order valence-electron chi connectivity index (χ2n) is 4.84. The Kier molecular flexibility index (Phi) is 14.4. The van der Waals surface area contributed by atoms with Gasteiger partial charge >= 0.3 is 0 Å². The van der Waals surface area contributed by atoms with Gasteiger partial charge in [-0.25, -0.2) is 0 Å². The van der Waals surface area contributed by atoms with Gasteiger partial charge in [-0.05, 0) is 25.1 Å². The van der Waals surface area contributed by atoms with Gasteiger partial charge in [-0.15, -0.1) is 24.8 Å². The molecule has 128 valence electrons. The third-order valence-electron chi connectivity index (χ3n) is 3.17. The molecule has 7 heteroatoms. The lowest BCUT2D eigenvalue weighted by molar-refractivity contribution is -0.121. The first kappa shape index (κ1) is 23.3. The van der Waals surface area contributed by atoms with Crippen molar-refractivity contribution in [1.29, 1.82) is 0 Å². The number of carbonyl (C=O) groups is 1. The van der Waals surface area contributed by atoms with E-state index in [0.717, 1.165) is 24.3 Å². The maximum atomic E-state index is 11.7. The fraction of sp³-hybridized carbons (Fsp3) is 0.533. The lowest BCUT2D eigenvalue weighted by Crippen LogP contribution is -2.34. The van der Waals surface area contributed by atoms with Gasteiger partial charge in [0.1, 0.15) is 0 Å². The summed E-state index contributed by atoms with van der Waals surface area (Å²) in [5.41, 5.74) is 7.62. The monoisotopic (exact) mass is 351 g/mol. The van der Waals surface area contributed by atoms with Crippen molar-refractivity contribution in [3.8, 4) is 0 Å². The third-order valence-corrected chi connectivity index (χ3v) is 3.17. The molecule has 1 amide bonds. The molecule has 0 heterocycles. The number of nitrogens with two attached hydrogens (primary N) is 1. The second-order valence-corrected chi connectivity index (χ2v) is 4.84. The highest BCUT2D eigenvalue weighted by molar-refractivity contribution is 5.85. The smallest absolute Gasteiger partial charge is 0.220 e. The van der Waals surface area contributed by atoms with E-state index in [4.69, 9.17) is 10.5 Å². The van der Waals surface area contributed by atoms with Crippen molar-refractivity contribution in [1.82, 2.24) is 10.2 Å². The normalized spacial score (nSPS) is 9.77. The van der Waals surface area contributed by atoms with Crippen LogP contribution in [0.2, 0.25) is 0 Å². The number of amides is 1. The Morgan fingerprint density at radius 1 is 1.27 bits per heavy atom. The third kappa shape index (κ3) is 9.84. The number of anilines is 1. The van der Waals surface area contributed by atoms with Crippen LogP contribution in [-0.4, -0.2) is 51.2 Å². The van der Waals surface area contributed by atoms with Crippen LogP contribution in [-0.2, 0) is 16.0 Å². The molecule has 1 rings (SSSR count). The average molecular weight is 352 g/mol. The number of likely N-dealkylation sites (N-methyl/N-ethyl adjacent to an activating group) is 1. The largest absolute Gasteiger partial charge is 0.399 e. The summed E-state index contributed by atoms with van der Waals surface area (Å²) in [5.74, 6) is 0.0633. The van der Waals surface area contributed by atoms with Crippen LogP contribution in [0.15, 0.2) is 24.3 Å². The molecule has 0 aliphatic heterocycles. The highest BCUT2D eigenvalue weighted by Gasteiger charge is 2.04. The Balaban J connectivity index is 0. The number of para-hydroxylation sites is 1. The highest BCUT2D eigenvalue weighted by Crippen LogP contribution is 2.12. The zero-order valence-electron chi connectivity index (χ0n) is 13.2. The van der Waals surface area contributed by atoms with Gasteiger partial charge in [0, 0.05) is 38.9 Å². The van der Waals surface area contributed by atoms with Crippen molar-refractivity contribution < 1.29 is 9.53 Å². The SMILES string of the molecule is COCCN(C)CCNC(=O)CCc1ccccc1N.Cl.Cl. The molecule has 0 spiro atoms. The molecule has 1 aromatic rings. The fourth-order valence-electron chi connectivity index (χ4n) is 1.84. The molecule has 22 heavy (non-hydrogen) atoms. The molecule has 3 N–H and O–H groups in total. The van der Waals surface area contributed by atoms with Gasteiger partial charge in [0.2, 0.25) is 5.91 Å². The van der Waals surface area contributed by atoms with Crippen molar-refractivity contribution in [2.75, 3.05) is 46.1 Å². The summed E-state index contributed by atoms with van der Waals surface area (Å²) >= 11 is 0. The molecule has 0 aliphatic rings. The Morgan fingerprint density at radius 2 is 1.95 bits per heavy atom. The number of methoxy groups -OCH3 is 1. The molecule has 5 nitrogen and oxygen atoms in total. The number of hydrogen-bond acceptors (Lipinski definition) is 4. The van der Waals surface area contributed by atoms with Gasteiger partial charge in [-0.1, -0.05) is 18.2 Å². The summed E-state index contributed by atoms with van der Waals surface area (Å²) in [4.78, 5) is 13.9. The molecular formula is C15H27Cl2N3O2. The van der Waals surface area contributed by atoms with E-state index in [1.54, 1.807) is 7.11 Å². The van der Waals surface area contributed by atoms with E-state index >= 15 is 0 Å². The topological polar surface area (TPSA) is 67.6 Å². The molecule has 0 bridgehead atoms. The first-order valence-corrected chi connectivity index (χ1v) is 6.91. The lowest BCUT2D eigenvalue weighted by atomic mass is 10.1. The van der Waals surface area contributed by atoms with Crippen molar-refractivity contribution in [3.63, 3.8) is 0 Å². The van der Waals surface area contributed by atoms with Crippen LogP contribution in [0.1, 0.15) is 12.0 Å². The number of nitrogens with zero attached hydrogens (tertiary/aromatic N) is 1. The summed E-state index contributed by atoms with van der Waals surface area (Å²) in [6.45, 7) is 3.05. The van der Waals surface area contributed by atoms with Gasteiger partial charge in [0.25, 0.3) is 0 Å². The lowest BCUT2D eigenvalue weighted by Gasteiger charge is -2.16. The van der Waals surface area contributed by atoms with Crippen LogP contribution < -0.4 is 11.1 Å². The maximum Gasteiger partial charge on any atom is 0.220 e. The highest BCUT2D eigenvalue weighted by atomic mass is 35.5. The van der Waals surface area contributed by atoms with Gasteiger partial charge in [-0.2, -0.15) is 0 Å². The second kappa shape index (κ2) is 13.6. The minimum atomic E-state index is 0. The number of benzene rings is 1. The molecule has 0 saturated heterocycles.